The predicted octanol–water partition coefficient (Wildman–Crippen LogP) is 2.36. The Labute approximate surface area is 149 Å². The van der Waals surface area contributed by atoms with Gasteiger partial charge >= 0.3 is 5.97 Å². The van der Waals surface area contributed by atoms with E-state index >= 15 is 0 Å². The fraction of sp³-hybridized carbons (Fsp3) is 0.0556. The van der Waals surface area contributed by atoms with Gasteiger partial charge in [0.1, 0.15) is 0 Å². The van der Waals surface area contributed by atoms with Crippen molar-refractivity contribution in [3.8, 4) is 0 Å². The average molecular weight is 359 g/mol. The number of esters is 1. The van der Waals surface area contributed by atoms with Crippen LogP contribution < -0.4 is 10.9 Å². The van der Waals surface area contributed by atoms with Crippen molar-refractivity contribution < 1.29 is 19.1 Å². The number of amides is 2. The Morgan fingerprint density at radius 3 is 2.48 bits per heavy atom. The first kappa shape index (κ1) is 18.2. The Morgan fingerprint density at radius 1 is 1.00 bits per heavy atom. The van der Waals surface area contributed by atoms with Crippen LogP contribution in [-0.4, -0.2) is 24.4 Å². The van der Waals surface area contributed by atoms with Crippen LogP contribution in [0.1, 0.15) is 15.9 Å². The molecule has 0 radical (unpaired) electrons. The molecule has 2 aromatic rings. The van der Waals surface area contributed by atoms with Gasteiger partial charge < -0.3 is 4.74 Å². The fourth-order valence-electron chi connectivity index (χ4n) is 1.78. The molecule has 0 fully saturated rings. The fourth-order valence-corrected chi connectivity index (χ4v) is 1.98. The lowest BCUT2D eigenvalue weighted by Gasteiger charge is -2.07. The molecule has 0 saturated carbocycles. The highest BCUT2D eigenvalue weighted by Crippen LogP contribution is 2.11. The lowest BCUT2D eigenvalue weighted by atomic mass is 10.2. The molecule has 0 aromatic heterocycles. The molecule has 2 amide bonds. The van der Waals surface area contributed by atoms with Gasteiger partial charge in [-0.3, -0.25) is 20.4 Å². The van der Waals surface area contributed by atoms with Crippen LogP contribution in [0, 0.1) is 0 Å². The molecule has 0 atom stereocenters. The number of ether oxygens (including phenoxy) is 1. The molecular weight excluding hydrogens is 344 g/mol. The van der Waals surface area contributed by atoms with E-state index in [0.29, 0.717) is 10.6 Å². The van der Waals surface area contributed by atoms with Crippen molar-refractivity contribution in [1.82, 2.24) is 10.9 Å². The third-order valence-electron chi connectivity index (χ3n) is 2.96. The Morgan fingerprint density at radius 2 is 1.76 bits per heavy atom. The van der Waals surface area contributed by atoms with E-state index in [2.05, 4.69) is 10.9 Å². The van der Waals surface area contributed by atoms with Gasteiger partial charge in [-0.1, -0.05) is 41.9 Å². The van der Waals surface area contributed by atoms with E-state index in [1.807, 2.05) is 0 Å². The van der Waals surface area contributed by atoms with Crippen molar-refractivity contribution >= 4 is 35.5 Å². The van der Waals surface area contributed by atoms with E-state index in [1.165, 1.54) is 12.2 Å². The zero-order valence-electron chi connectivity index (χ0n) is 13.1. The van der Waals surface area contributed by atoms with Gasteiger partial charge in [-0.25, -0.2) is 4.79 Å². The number of hydrogen-bond acceptors (Lipinski definition) is 4. The van der Waals surface area contributed by atoms with E-state index in [1.54, 1.807) is 54.6 Å². The van der Waals surface area contributed by atoms with Crippen molar-refractivity contribution in [2.24, 2.45) is 0 Å². The molecule has 2 rings (SSSR count). The van der Waals surface area contributed by atoms with Gasteiger partial charge in [-0.2, -0.15) is 0 Å². The largest absolute Gasteiger partial charge is 0.452 e. The van der Waals surface area contributed by atoms with E-state index < -0.39 is 24.4 Å². The Balaban J connectivity index is 1.72. The summed E-state index contributed by atoms with van der Waals surface area (Å²) >= 11 is 5.83. The monoisotopic (exact) mass is 358 g/mol. The number of hydrazine groups is 1. The predicted molar refractivity (Wildman–Crippen MR) is 93.5 cm³/mol. The summed E-state index contributed by atoms with van der Waals surface area (Å²) in [6.07, 6.45) is 2.70. The number of rotatable bonds is 5. The SMILES string of the molecule is O=C(COC(=O)C=Cc1cccc(Cl)c1)NNC(=O)c1ccccc1. The second-order valence-corrected chi connectivity index (χ2v) is 5.30. The molecule has 0 aliphatic heterocycles. The van der Waals surface area contributed by atoms with Crippen molar-refractivity contribution in [3.05, 3.63) is 76.8 Å². The van der Waals surface area contributed by atoms with Gasteiger partial charge in [0.05, 0.1) is 0 Å². The molecule has 2 N–H and O–H groups in total. The quantitative estimate of drug-likeness (QED) is 0.488. The Hall–Kier alpha value is -3.12. The number of halogens is 1. The molecule has 128 valence electrons. The van der Waals surface area contributed by atoms with Crippen molar-refractivity contribution in [2.75, 3.05) is 6.61 Å². The molecule has 2 aromatic carbocycles. The Kier molecular flexibility index (Phi) is 6.74. The zero-order valence-corrected chi connectivity index (χ0v) is 13.8. The second kappa shape index (κ2) is 9.24. The minimum atomic E-state index is -0.690. The van der Waals surface area contributed by atoms with Crippen LogP contribution in [0.4, 0.5) is 0 Å². The molecule has 25 heavy (non-hydrogen) atoms. The van der Waals surface area contributed by atoms with Gasteiger partial charge in [0.15, 0.2) is 6.61 Å². The molecule has 0 unspecified atom stereocenters. The summed E-state index contributed by atoms with van der Waals surface area (Å²) in [5.74, 6) is -1.82. The average Bonchev–Trinajstić information content (AvgIpc) is 2.63. The van der Waals surface area contributed by atoms with Crippen LogP contribution in [0.5, 0.6) is 0 Å². The molecule has 0 bridgehead atoms. The maximum atomic E-state index is 11.7. The van der Waals surface area contributed by atoms with Crippen molar-refractivity contribution in [1.29, 1.82) is 0 Å². The maximum absolute atomic E-state index is 11.7. The summed E-state index contributed by atoms with van der Waals surface area (Å²) in [6, 6.07) is 15.3. The lowest BCUT2D eigenvalue weighted by molar-refractivity contribution is -0.144. The van der Waals surface area contributed by atoms with Gasteiger partial charge in [-0.05, 0) is 35.9 Å². The summed E-state index contributed by atoms with van der Waals surface area (Å²) in [6.45, 7) is -0.520. The standard InChI is InChI=1S/C18H15ClN2O4/c19-15-8-4-5-13(11-15)9-10-17(23)25-12-16(22)20-21-18(24)14-6-2-1-3-7-14/h1-11H,12H2,(H,20,22)(H,21,24). The summed E-state index contributed by atoms with van der Waals surface area (Å²) < 4.78 is 4.77. The lowest BCUT2D eigenvalue weighted by Crippen LogP contribution is -2.43. The van der Waals surface area contributed by atoms with Gasteiger partial charge in [0.2, 0.25) is 0 Å². The van der Waals surface area contributed by atoms with Crippen LogP contribution in [0.2, 0.25) is 5.02 Å². The van der Waals surface area contributed by atoms with E-state index in [4.69, 9.17) is 16.3 Å². The first-order valence-electron chi connectivity index (χ1n) is 7.29. The molecule has 7 heteroatoms. The molecule has 0 aliphatic carbocycles. The third kappa shape index (κ3) is 6.48. The number of benzene rings is 2. The van der Waals surface area contributed by atoms with E-state index in [0.717, 1.165) is 5.56 Å². The van der Waals surface area contributed by atoms with E-state index in [9.17, 15) is 14.4 Å². The Bertz CT molecular complexity index is 791. The van der Waals surface area contributed by atoms with E-state index in [-0.39, 0.29) is 0 Å². The smallest absolute Gasteiger partial charge is 0.331 e. The first-order valence-corrected chi connectivity index (χ1v) is 7.67. The van der Waals surface area contributed by atoms with Gasteiger partial charge in [-0.15, -0.1) is 0 Å². The topological polar surface area (TPSA) is 84.5 Å². The highest BCUT2D eigenvalue weighted by atomic mass is 35.5. The summed E-state index contributed by atoms with van der Waals surface area (Å²) in [4.78, 5) is 34.8. The molecule has 0 spiro atoms. The zero-order chi connectivity index (χ0) is 18.1. The summed E-state index contributed by atoms with van der Waals surface area (Å²) in [7, 11) is 0. The normalized spacial score (nSPS) is 10.3. The van der Waals surface area contributed by atoms with Crippen LogP contribution in [0.15, 0.2) is 60.7 Å². The van der Waals surface area contributed by atoms with Crippen LogP contribution in [0.3, 0.4) is 0 Å². The van der Waals surface area contributed by atoms with Crippen molar-refractivity contribution in [2.45, 2.75) is 0 Å². The summed E-state index contributed by atoms with van der Waals surface area (Å²) in [5.41, 5.74) is 5.50. The molecule has 6 nitrogen and oxygen atoms in total. The minimum Gasteiger partial charge on any atom is -0.452 e. The van der Waals surface area contributed by atoms with Crippen LogP contribution in [0.25, 0.3) is 6.08 Å². The van der Waals surface area contributed by atoms with Gasteiger partial charge in [0.25, 0.3) is 11.8 Å². The molecule has 0 aliphatic rings. The molecular formula is C18H15ClN2O4. The number of hydrogen-bond donors (Lipinski definition) is 2. The van der Waals surface area contributed by atoms with Crippen LogP contribution in [-0.2, 0) is 14.3 Å². The summed E-state index contributed by atoms with van der Waals surface area (Å²) in [5, 5.41) is 0.545. The molecule has 0 saturated heterocycles. The molecule has 0 heterocycles. The number of nitrogens with one attached hydrogen (secondary N) is 2. The van der Waals surface area contributed by atoms with Crippen molar-refractivity contribution in [3.63, 3.8) is 0 Å². The highest BCUT2D eigenvalue weighted by Gasteiger charge is 2.08. The minimum absolute atomic E-state index is 0.393. The maximum Gasteiger partial charge on any atom is 0.331 e. The van der Waals surface area contributed by atoms with Gasteiger partial charge in [0, 0.05) is 16.7 Å². The number of carbonyl (C=O) groups is 3. The van der Waals surface area contributed by atoms with Crippen LogP contribution >= 0.6 is 11.6 Å². The number of carbonyl (C=O) groups excluding carboxylic acids is 3. The first-order chi connectivity index (χ1) is 12.0. The second-order valence-electron chi connectivity index (χ2n) is 4.86. The highest BCUT2D eigenvalue weighted by molar-refractivity contribution is 6.30. The third-order valence-corrected chi connectivity index (χ3v) is 3.19.